The number of nitrogens with one attached hydrogen (secondary N) is 2. The molecular formula is C21H26N2O2. The Morgan fingerprint density at radius 2 is 2.12 bits per heavy atom. The van der Waals surface area contributed by atoms with E-state index >= 15 is 0 Å². The first-order chi connectivity index (χ1) is 12.3. The standard InChI is InChI=1S/C21H26N2O2/c1-24-18-12-16-9-11-25-21(16)17(13-18)14-23-19-8-5-10-22-20(19)15-6-3-2-4-7-15/h2-4,6-7,12-13,19-20,22-23H,5,8-11,14H2,1H3. The minimum atomic E-state index is 0.356. The average Bonchev–Trinajstić information content (AvgIpc) is 3.15. The van der Waals surface area contributed by atoms with Gasteiger partial charge in [-0.3, -0.25) is 0 Å². The molecule has 2 heterocycles. The van der Waals surface area contributed by atoms with Gasteiger partial charge in [-0.15, -0.1) is 0 Å². The summed E-state index contributed by atoms with van der Waals surface area (Å²) in [6.45, 7) is 2.65. The molecule has 2 aromatic rings. The predicted octanol–water partition coefficient (Wildman–Crippen LogP) is 3.21. The molecule has 2 aliphatic heterocycles. The van der Waals surface area contributed by atoms with Gasteiger partial charge < -0.3 is 20.1 Å². The molecule has 0 amide bonds. The topological polar surface area (TPSA) is 42.5 Å². The fraction of sp³-hybridized carbons (Fsp3) is 0.429. The van der Waals surface area contributed by atoms with E-state index in [0.29, 0.717) is 12.1 Å². The summed E-state index contributed by atoms with van der Waals surface area (Å²) in [6, 6.07) is 15.7. The van der Waals surface area contributed by atoms with Gasteiger partial charge in [-0.2, -0.15) is 0 Å². The molecule has 2 atom stereocenters. The first kappa shape index (κ1) is 16.4. The quantitative estimate of drug-likeness (QED) is 0.878. The summed E-state index contributed by atoms with van der Waals surface area (Å²) < 4.78 is 11.3. The van der Waals surface area contributed by atoms with Gasteiger partial charge in [0, 0.05) is 36.2 Å². The van der Waals surface area contributed by atoms with Crippen molar-refractivity contribution in [1.82, 2.24) is 10.6 Å². The highest BCUT2D eigenvalue weighted by Crippen LogP contribution is 2.34. The van der Waals surface area contributed by atoms with Crippen molar-refractivity contribution in [3.8, 4) is 11.5 Å². The van der Waals surface area contributed by atoms with Crippen LogP contribution in [0, 0.1) is 0 Å². The summed E-state index contributed by atoms with van der Waals surface area (Å²) in [7, 11) is 1.73. The largest absolute Gasteiger partial charge is 0.497 e. The highest BCUT2D eigenvalue weighted by atomic mass is 16.5. The van der Waals surface area contributed by atoms with Crippen LogP contribution in [0.3, 0.4) is 0 Å². The Hall–Kier alpha value is -2.04. The predicted molar refractivity (Wildman–Crippen MR) is 99.2 cm³/mol. The SMILES string of the molecule is COc1cc2c(c(CNC3CCCNC3c3ccccc3)c1)OCC2. The highest BCUT2D eigenvalue weighted by molar-refractivity contribution is 5.49. The molecule has 4 heteroatoms. The number of benzene rings is 2. The Bertz CT molecular complexity index is 717. The van der Waals surface area contributed by atoms with Crippen LogP contribution in [0.2, 0.25) is 0 Å². The van der Waals surface area contributed by atoms with Gasteiger partial charge in [-0.05, 0) is 37.1 Å². The fourth-order valence-electron chi connectivity index (χ4n) is 3.97. The summed E-state index contributed by atoms with van der Waals surface area (Å²) in [6.07, 6.45) is 3.35. The molecule has 25 heavy (non-hydrogen) atoms. The number of ether oxygens (including phenoxy) is 2. The summed E-state index contributed by atoms with van der Waals surface area (Å²) in [4.78, 5) is 0. The third-order valence-electron chi connectivity index (χ3n) is 5.24. The van der Waals surface area contributed by atoms with Gasteiger partial charge in [-0.1, -0.05) is 30.3 Å². The van der Waals surface area contributed by atoms with Crippen molar-refractivity contribution < 1.29 is 9.47 Å². The second-order valence-corrected chi connectivity index (χ2v) is 6.85. The van der Waals surface area contributed by atoms with Crippen LogP contribution in [0.4, 0.5) is 0 Å². The van der Waals surface area contributed by atoms with E-state index in [4.69, 9.17) is 9.47 Å². The molecule has 0 aromatic heterocycles. The smallest absolute Gasteiger partial charge is 0.127 e. The monoisotopic (exact) mass is 338 g/mol. The molecule has 1 saturated heterocycles. The highest BCUT2D eigenvalue weighted by Gasteiger charge is 2.26. The lowest BCUT2D eigenvalue weighted by Crippen LogP contribution is -2.45. The van der Waals surface area contributed by atoms with Gasteiger partial charge in [0.25, 0.3) is 0 Å². The van der Waals surface area contributed by atoms with Gasteiger partial charge >= 0.3 is 0 Å². The normalized spacial score (nSPS) is 22.3. The molecule has 2 aliphatic rings. The van der Waals surface area contributed by atoms with Crippen molar-refractivity contribution >= 4 is 0 Å². The van der Waals surface area contributed by atoms with Crippen LogP contribution in [-0.2, 0) is 13.0 Å². The van der Waals surface area contributed by atoms with Crippen LogP contribution < -0.4 is 20.1 Å². The Balaban J connectivity index is 1.51. The van der Waals surface area contributed by atoms with E-state index in [2.05, 4.69) is 53.1 Å². The van der Waals surface area contributed by atoms with Gasteiger partial charge in [-0.25, -0.2) is 0 Å². The number of fused-ring (bicyclic) bond motifs is 1. The van der Waals surface area contributed by atoms with E-state index in [1.54, 1.807) is 7.11 Å². The summed E-state index contributed by atoms with van der Waals surface area (Å²) >= 11 is 0. The lowest BCUT2D eigenvalue weighted by atomic mass is 9.92. The molecule has 4 nitrogen and oxygen atoms in total. The molecule has 0 aliphatic carbocycles. The summed E-state index contributed by atoms with van der Waals surface area (Å²) in [5.41, 5.74) is 3.81. The van der Waals surface area contributed by atoms with Crippen molar-refractivity contribution in [2.45, 2.75) is 37.9 Å². The van der Waals surface area contributed by atoms with E-state index in [1.165, 1.54) is 29.5 Å². The Kier molecular flexibility index (Phi) is 4.90. The molecule has 2 unspecified atom stereocenters. The molecule has 132 valence electrons. The fourth-order valence-corrected chi connectivity index (χ4v) is 3.97. The van der Waals surface area contributed by atoms with E-state index in [9.17, 15) is 0 Å². The number of methoxy groups -OCH3 is 1. The Morgan fingerprint density at radius 1 is 1.24 bits per heavy atom. The van der Waals surface area contributed by atoms with Crippen LogP contribution in [0.25, 0.3) is 0 Å². The molecule has 0 saturated carbocycles. The number of hydrogen-bond acceptors (Lipinski definition) is 4. The van der Waals surface area contributed by atoms with E-state index in [0.717, 1.165) is 37.6 Å². The third-order valence-corrected chi connectivity index (χ3v) is 5.24. The van der Waals surface area contributed by atoms with Crippen molar-refractivity contribution in [3.05, 3.63) is 59.2 Å². The summed E-state index contributed by atoms with van der Waals surface area (Å²) in [5.74, 6) is 1.97. The maximum atomic E-state index is 5.87. The lowest BCUT2D eigenvalue weighted by Gasteiger charge is -2.34. The van der Waals surface area contributed by atoms with Crippen molar-refractivity contribution in [2.75, 3.05) is 20.3 Å². The number of rotatable bonds is 5. The van der Waals surface area contributed by atoms with Crippen LogP contribution in [0.15, 0.2) is 42.5 Å². The number of hydrogen-bond donors (Lipinski definition) is 2. The van der Waals surface area contributed by atoms with Gasteiger partial charge in [0.05, 0.1) is 13.7 Å². The van der Waals surface area contributed by atoms with Crippen LogP contribution in [-0.4, -0.2) is 26.3 Å². The minimum Gasteiger partial charge on any atom is -0.497 e. The third kappa shape index (κ3) is 3.51. The van der Waals surface area contributed by atoms with E-state index in [-0.39, 0.29) is 0 Å². The van der Waals surface area contributed by atoms with Gasteiger partial charge in [0.15, 0.2) is 0 Å². The molecule has 1 fully saturated rings. The second kappa shape index (κ2) is 7.46. The van der Waals surface area contributed by atoms with E-state index in [1.807, 2.05) is 0 Å². The van der Waals surface area contributed by atoms with E-state index < -0.39 is 0 Å². The molecule has 0 radical (unpaired) electrons. The van der Waals surface area contributed by atoms with Gasteiger partial charge in [0.1, 0.15) is 11.5 Å². The lowest BCUT2D eigenvalue weighted by molar-refractivity contribution is 0.301. The van der Waals surface area contributed by atoms with Crippen LogP contribution in [0.1, 0.15) is 35.6 Å². The van der Waals surface area contributed by atoms with Crippen LogP contribution in [0.5, 0.6) is 11.5 Å². The number of piperidine rings is 1. The molecular weight excluding hydrogens is 312 g/mol. The zero-order valence-corrected chi connectivity index (χ0v) is 14.8. The maximum absolute atomic E-state index is 5.87. The molecule has 0 bridgehead atoms. The molecule has 2 N–H and O–H groups in total. The minimum absolute atomic E-state index is 0.356. The molecule has 2 aromatic carbocycles. The average molecular weight is 338 g/mol. The molecule has 4 rings (SSSR count). The van der Waals surface area contributed by atoms with Gasteiger partial charge in [0.2, 0.25) is 0 Å². The first-order valence-electron chi connectivity index (χ1n) is 9.19. The second-order valence-electron chi connectivity index (χ2n) is 6.85. The summed E-state index contributed by atoms with van der Waals surface area (Å²) in [5, 5.41) is 7.45. The maximum Gasteiger partial charge on any atom is 0.127 e. The van der Waals surface area contributed by atoms with Crippen molar-refractivity contribution in [2.24, 2.45) is 0 Å². The Labute approximate surface area is 149 Å². The van der Waals surface area contributed by atoms with Crippen molar-refractivity contribution in [3.63, 3.8) is 0 Å². The zero-order chi connectivity index (χ0) is 17.1. The molecule has 0 spiro atoms. The Morgan fingerprint density at radius 3 is 2.96 bits per heavy atom. The zero-order valence-electron chi connectivity index (χ0n) is 14.8. The van der Waals surface area contributed by atoms with Crippen molar-refractivity contribution in [1.29, 1.82) is 0 Å². The van der Waals surface area contributed by atoms with Crippen LogP contribution >= 0.6 is 0 Å². The first-order valence-corrected chi connectivity index (χ1v) is 9.19.